The molecule has 94 valence electrons. The maximum atomic E-state index is 12.2. The van der Waals surface area contributed by atoms with Crippen molar-refractivity contribution in [2.24, 2.45) is 0 Å². The molecule has 1 aromatic carbocycles. The molecule has 2 aromatic rings. The molecule has 4 heteroatoms. The van der Waals surface area contributed by atoms with Crippen molar-refractivity contribution >= 4 is 22.9 Å². The van der Waals surface area contributed by atoms with Crippen molar-refractivity contribution in [1.82, 2.24) is 4.98 Å². The third-order valence-electron chi connectivity index (χ3n) is 2.75. The fourth-order valence-electron chi connectivity index (χ4n) is 1.79. The Bertz CT molecular complexity index is 602. The third kappa shape index (κ3) is 2.59. The molecular formula is C14H16N2OS. The van der Waals surface area contributed by atoms with E-state index in [-0.39, 0.29) is 5.91 Å². The van der Waals surface area contributed by atoms with Gasteiger partial charge in [-0.2, -0.15) is 0 Å². The Morgan fingerprint density at radius 1 is 1.22 bits per heavy atom. The third-order valence-corrected chi connectivity index (χ3v) is 3.82. The second-order valence-electron chi connectivity index (χ2n) is 4.42. The Labute approximate surface area is 111 Å². The largest absolute Gasteiger partial charge is 0.321 e. The van der Waals surface area contributed by atoms with Gasteiger partial charge in [-0.05, 0) is 44.9 Å². The first kappa shape index (κ1) is 12.8. The van der Waals surface area contributed by atoms with Crippen molar-refractivity contribution in [3.8, 4) is 0 Å². The summed E-state index contributed by atoms with van der Waals surface area (Å²) in [6.45, 7) is 7.77. The molecule has 0 aliphatic carbocycles. The van der Waals surface area contributed by atoms with Gasteiger partial charge in [0.25, 0.3) is 5.91 Å². The molecule has 0 aliphatic heterocycles. The number of aryl methyl sites for hydroxylation is 4. The van der Waals surface area contributed by atoms with E-state index in [2.05, 4.69) is 10.3 Å². The number of hydrogen-bond acceptors (Lipinski definition) is 3. The minimum Gasteiger partial charge on any atom is -0.321 e. The normalized spacial score (nSPS) is 10.4. The van der Waals surface area contributed by atoms with Crippen molar-refractivity contribution in [3.63, 3.8) is 0 Å². The zero-order valence-corrected chi connectivity index (χ0v) is 11.8. The molecule has 0 unspecified atom stereocenters. The second kappa shape index (κ2) is 4.90. The van der Waals surface area contributed by atoms with E-state index in [1.165, 1.54) is 11.3 Å². The van der Waals surface area contributed by atoms with Crippen molar-refractivity contribution in [3.05, 3.63) is 44.9 Å². The highest BCUT2D eigenvalue weighted by Gasteiger charge is 2.14. The average Bonchev–Trinajstić information content (AvgIpc) is 2.63. The summed E-state index contributed by atoms with van der Waals surface area (Å²) in [5.41, 5.74) is 3.85. The number of carbonyl (C=O) groups is 1. The number of anilines is 1. The minimum absolute atomic E-state index is 0.0770. The van der Waals surface area contributed by atoms with Crippen LogP contribution in [0.3, 0.4) is 0 Å². The minimum atomic E-state index is -0.0770. The summed E-state index contributed by atoms with van der Waals surface area (Å²) in [4.78, 5) is 17.1. The summed E-state index contributed by atoms with van der Waals surface area (Å²) >= 11 is 1.43. The molecule has 0 saturated carbocycles. The average molecular weight is 260 g/mol. The number of nitrogens with zero attached hydrogens (tertiary/aromatic N) is 1. The van der Waals surface area contributed by atoms with Crippen LogP contribution in [0.1, 0.15) is 31.5 Å². The van der Waals surface area contributed by atoms with E-state index in [1.807, 2.05) is 45.9 Å². The van der Waals surface area contributed by atoms with Crippen LogP contribution in [0.5, 0.6) is 0 Å². The Hall–Kier alpha value is -1.68. The number of aromatic nitrogens is 1. The molecule has 0 bridgehead atoms. The lowest BCUT2D eigenvalue weighted by molar-refractivity contribution is 0.102. The van der Waals surface area contributed by atoms with Gasteiger partial charge in [-0.3, -0.25) is 4.79 Å². The second-order valence-corrected chi connectivity index (χ2v) is 5.62. The van der Waals surface area contributed by atoms with Gasteiger partial charge in [-0.15, -0.1) is 11.3 Å². The van der Waals surface area contributed by atoms with E-state index in [0.29, 0.717) is 4.88 Å². The van der Waals surface area contributed by atoms with E-state index in [4.69, 9.17) is 0 Å². The highest BCUT2D eigenvalue weighted by Crippen LogP contribution is 2.21. The van der Waals surface area contributed by atoms with E-state index in [1.54, 1.807) is 0 Å². The highest BCUT2D eigenvalue weighted by atomic mass is 32.1. The van der Waals surface area contributed by atoms with Crippen molar-refractivity contribution in [2.45, 2.75) is 27.7 Å². The maximum Gasteiger partial charge on any atom is 0.267 e. The molecule has 1 aromatic heterocycles. The fourth-order valence-corrected chi connectivity index (χ4v) is 2.61. The quantitative estimate of drug-likeness (QED) is 0.896. The van der Waals surface area contributed by atoms with Gasteiger partial charge >= 0.3 is 0 Å². The van der Waals surface area contributed by atoms with Crippen LogP contribution >= 0.6 is 11.3 Å². The number of rotatable bonds is 2. The lowest BCUT2D eigenvalue weighted by Crippen LogP contribution is -2.12. The predicted octanol–water partition coefficient (Wildman–Crippen LogP) is 3.63. The Balaban J connectivity index is 2.26. The number of nitrogens with one attached hydrogen (secondary N) is 1. The van der Waals surface area contributed by atoms with Gasteiger partial charge in [-0.1, -0.05) is 12.1 Å². The summed E-state index contributed by atoms with van der Waals surface area (Å²) in [7, 11) is 0. The monoisotopic (exact) mass is 260 g/mol. The highest BCUT2D eigenvalue weighted by molar-refractivity contribution is 7.13. The van der Waals surface area contributed by atoms with Crippen LogP contribution in [-0.4, -0.2) is 10.9 Å². The molecule has 0 aliphatic rings. The van der Waals surface area contributed by atoms with Crippen LogP contribution in [0, 0.1) is 27.7 Å². The molecule has 1 heterocycles. The first-order chi connectivity index (χ1) is 8.47. The first-order valence-electron chi connectivity index (χ1n) is 5.80. The van der Waals surface area contributed by atoms with E-state index in [0.717, 1.165) is 27.5 Å². The Kier molecular flexibility index (Phi) is 3.48. The van der Waals surface area contributed by atoms with Gasteiger partial charge in [0.2, 0.25) is 0 Å². The summed E-state index contributed by atoms with van der Waals surface area (Å²) < 4.78 is 0. The molecule has 2 rings (SSSR count). The lowest BCUT2D eigenvalue weighted by atomic mass is 10.1. The molecule has 0 saturated heterocycles. The zero-order valence-electron chi connectivity index (χ0n) is 11.0. The van der Waals surface area contributed by atoms with Crippen LogP contribution < -0.4 is 5.32 Å². The number of carbonyl (C=O) groups excluding carboxylic acids is 1. The van der Waals surface area contributed by atoms with Gasteiger partial charge in [-0.25, -0.2) is 4.98 Å². The van der Waals surface area contributed by atoms with Gasteiger partial charge in [0.1, 0.15) is 4.88 Å². The number of benzene rings is 1. The molecule has 1 amide bonds. The summed E-state index contributed by atoms with van der Waals surface area (Å²) in [5, 5.41) is 3.87. The molecule has 18 heavy (non-hydrogen) atoms. The first-order valence-corrected chi connectivity index (χ1v) is 6.61. The fraction of sp³-hybridized carbons (Fsp3) is 0.286. The number of hydrogen-bond donors (Lipinski definition) is 1. The zero-order chi connectivity index (χ0) is 13.3. The van der Waals surface area contributed by atoms with E-state index in [9.17, 15) is 4.79 Å². The topological polar surface area (TPSA) is 42.0 Å². The van der Waals surface area contributed by atoms with Crippen LogP contribution in [0.4, 0.5) is 5.69 Å². The molecular weight excluding hydrogens is 244 g/mol. The molecule has 1 N–H and O–H groups in total. The van der Waals surface area contributed by atoms with Crippen molar-refractivity contribution in [1.29, 1.82) is 0 Å². The van der Waals surface area contributed by atoms with Crippen molar-refractivity contribution in [2.75, 3.05) is 5.32 Å². The Morgan fingerprint density at radius 3 is 2.56 bits per heavy atom. The SMILES string of the molecule is Cc1ccc(C)c(NC(=O)c2sc(C)nc2C)c1. The van der Waals surface area contributed by atoms with Crippen LogP contribution in [0.15, 0.2) is 18.2 Å². The molecule has 3 nitrogen and oxygen atoms in total. The molecule has 0 radical (unpaired) electrons. The van der Waals surface area contributed by atoms with Crippen molar-refractivity contribution < 1.29 is 4.79 Å². The smallest absolute Gasteiger partial charge is 0.267 e. The molecule has 0 atom stereocenters. The standard InChI is InChI=1S/C14H16N2OS/c1-8-5-6-9(2)12(7-8)16-14(17)13-10(3)15-11(4)18-13/h5-7H,1-4H3,(H,16,17). The summed E-state index contributed by atoms with van der Waals surface area (Å²) in [6, 6.07) is 6.03. The van der Waals surface area contributed by atoms with Crippen LogP contribution in [0.25, 0.3) is 0 Å². The van der Waals surface area contributed by atoms with Gasteiger partial charge < -0.3 is 5.32 Å². The van der Waals surface area contributed by atoms with E-state index < -0.39 is 0 Å². The summed E-state index contributed by atoms with van der Waals surface area (Å²) in [6.07, 6.45) is 0. The predicted molar refractivity (Wildman–Crippen MR) is 75.5 cm³/mol. The Morgan fingerprint density at radius 2 is 1.94 bits per heavy atom. The number of thiazole rings is 1. The van der Waals surface area contributed by atoms with Gasteiger partial charge in [0, 0.05) is 5.69 Å². The maximum absolute atomic E-state index is 12.2. The van der Waals surface area contributed by atoms with Gasteiger partial charge in [0.15, 0.2) is 0 Å². The van der Waals surface area contributed by atoms with E-state index >= 15 is 0 Å². The molecule has 0 spiro atoms. The summed E-state index contributed by atoms with van der Waals surface area (Å²) in [5.74, 6) is -0.0770. The molecule has 0 fully saturated rings. The lowest BCUT2D eigenvalue weighted by Gasteiger charge is -2.08. The van der Waals surface area contributed by atoms with Crippen LogP contribution in [-0.2, 0) is 0 Å². The van der Waals surface area contributed by atoms with Crippen LogP contribution in [0.2, 0.25) is 0 Å². The van der Waals surface area contributed by atoms with Gasteiger partial charge in [0.05, 0.1) is 10.7 Å². The number of amides is 1.